The van der Waals surface area contributed by atoms with E-state index in [2.05, 4.69) is 21.4 Å². The van der Waals surface area contributed by atoms with Crippen molar-refractivity contribution in [1.82, 2.24) is 9.97 Å². The number of carbonyl (C=O) groups is 1. The molecule has 0 radical (unpaired) electrons. The van der Waals surface area contributed by atoms with Crippen LogP contribution in [-0.4, -0.2) is 45.9 Å². The van der Waals surface area contributed by atoms with Crippen molar-refractivity contribution in [2.24, 2.45) is 0 Å². The molecular weight excluding hydrogens is 477 g/mol. The Bertz CT molecular complexity index is 1230. The summed E-state index contributed by atoms with van der Waals surface area (Å²) in [7, 11) is 0. The van der Waals surface area contributed by atoms with Gasteiger partial charge in [-0.3, -0.25) is 4.79 Å². The number of nitriles is 1. The molecule has 2 aromatic carbocycles. The first-order valence-corrected chi connectivity index (χ1v) is 12.0. The Hall–Kier alpha value is -3.19. The molecule has 2 heterocycles. The first-order valence-electron chi connectivity index (χ1n) is 10.6. The van der Waals surface area contributed by atoms with Gasteiger partial charge in [0.05, 0.1) is 22.6 Å². The van der Waals surface area contributed by atoms with Crippen LogP contribution < -0.4 is 10.2 Å². The fourth-order valence-electron chi connectivity index (χ4n) is 3.61. The summed E-state index contributed by atoms with van der Waals surface area (Å²) in [5.41, 5.74) is 2.01. The van der Waals surface area contributed by atoms with Crippen LogP contribution in [0.3, 0.4) is 0 Å². The van der Waals surface area contributed by atoms with Crippen LogP contribution in [0.5, 0.6) is 0 Å². The smallest absolute Gasteiger partial charge is 0.234 e. The monoisotopic (exact) mass is 497 g/mol. The van der Waals surface area contributed by atoms with Gasteiger partial charge in [-0.05, 0) is 31.0 Å². The zero-order valence-electron chi connectivity index (χ0n) is 18.0. The summed E-state index contributed by atoms with van der Waals surface area (Å²) in [6.45, 7) is 1.13. The van der Waals surface area contributed by atoms with Gasteiger partial charge in [0.15, 0.2) is 11.0 Å². The highest BCUT2D eigenvalue weighted by atomic mass is 35.5. The summed E-state index contributed by atoms with van der Waals surface area (Å²) in [6.07, 6.45) is 0.802. The first-order chi connectivity index (χ1) is 16.4. The minimum Gasteiger partial charge on any atom is -0.393 e. The fraction of sp³-hybridized carbons (Fsp3) is 0.250. The average Bonchev–Trinajstić information content (AvgIpc) is 2.85. The molecule has 0 bridgehead atoms. The maximum Gasteiger partial charge on any atom is 0.234 e. The number of carbonyl (C=O) groups excluding carboxylic acids is 1. The molecule has 1 aliphatic rings. The Morgan fingerprint density at radius 3 is 2.65 bits per heavy atom. The van der Waals surface area contributed by atoms with Gasteiger partial charge in [-0.1, -0.05) is 53.7 Å². The van der Waals surface area contributed by atoms with Gasteiger partial charge < -0.3 is 15.3 Å². The minimum atomic E-state index is -0.564. The van der Waals surface area contributed by atoms with E-state index in [1.54, 1.807) is 0 Å². The molecule has 3 aromatic rings. The van der Waals surface area contributed by atoms with Crippen molar-refractivity contribution >= 4 is 40.8 Å². The lowest BCUT2D eigenvalue weighted by Gasteiger charge is -2.31. The molecule has 0 atom stereocenters. The molecule has 0 saturated carbocycles. The third kappa shape index (κ3) is 5.65. The van der Waals surface area contributed by atoms with Crippen molar-refractivity contribution in [3.05, 3.63) is 64.9 Å². The topological polar surface area (TPSA) is 102 Å². The van der Waals surface area contributed by atoms with Crippen molar-refractivity contribution in [3.8, 4) is 17.3 Å². The Morgan fingerprint density at radius 2 is 1.97 bits per heavy atom. The largest absolute Gasteiger partial charge is 0.393 e. The Labute approximate surface area is 205 Å². The number of hydrogen-bond acceptors (Lipinski definition) is 7. The van der Waals surface area contributed by atoms with Crippen molar-refractivity contribution in [2.75, 3.05) is 29.1 Å². The number of hydrogen-bond donors (Lipinski definition) is 2. The van der Waals surface area contributed by atoms with Crippen LogP contribution in [0.15, 0.2) is 53.7 Å². The molecule has 7 nitrogen and oxygen atoms in total. The van der Waals surface area contributed by atoms with Crippen molar-refractivity contribution in [2.45, 2.75) is 24.1 Å². The van der Waals surface area contributed by atoms with E-state index in [4.69, 9.17) is 11.6 Å². The van der Waals surface area contributed by atoms with Crippen LogP contribution in [0.25, 0.3) is 11.3 Å². The van der Waals surface area contributed by atoms with Gasteiger partial charge in [0.1, 0.15) is 17.4 Å². The minimum absolute atomic E-state index is 0.00722. The summed E-state index contributed by atoms with van der Waals surface area (Å²) in [5.74, 6) is -0.389. The van der Waals surface area contributed by atoms with Gasteiger partial charge in [0.2, 0.25) is 5.91 Å². The predicted octanol–water partition coefficient (Wildman–Crippen LogP) is 4.50. The van der Waals surface area contributed by atoms with Gasteiger partial charge >= 0.3 is 0 Å². The number of anilines is 2. The molecule has 10 heteroatoms. The van der Waals surface area contributed by atoms with Crippen LogP contribution in [0.4, 0.5) is 15.9 Å². The molecule has 0 spiro atoms. The molecule has 1 fully saturated rings. The zero-order valence-corrected chi connectivity index (χ0v) is 19.6. The summed E-state index contributed by atoms with van der Waals surface area (Å²) >= 11 is 6.91. The SMILES string of the molecule is N#Cc1c(-c2ccccc2)nc(SCC(=O)Nc2ccc(F)c(Cl)c2)nc1N1CCC(O)CC1. The molecule has 1 saturated heterocycles. The molecule has 1 aliphatic heterocycles. The lowest BCUT2D eigenvalue weighted by Crippen LogP contribution is -2.37. The molecule has 1 aromatic heterocycles. The molecular formula is C24H21ClFN5O2S. The second kappa shape index (κ2) is 10.8. The summed E-state index contributed by atoms with van der Waals surface area (Å²) in [5, 5.41) is 22.8. The second-order valence-corrected chi connectivity index (χ2v) is 9.06. The maximum absolute atomic E-state index is 13.4. The fourth-order valence-corrected chi connectivity index (χ4v) is 4.43. The average molecular weight is 498 g/mol. The van der Waals surface area contributed by atoms with Gasteiger partial charge in [0, 0.05) is 24.3 Å². The number of aliphatic hydroxyl groups is 1. The number of rotatable bonds is 6. The highest BCUT2D eigenvalue weighted by Crippen LogP contribution is 2.32. The summed E-state index contributed by atoms with van der Waals surface area (Å²) < 4.78 is 13.4. The van der Waals surface area contributed by atoms with Crippen LogP contribution >= 0.6 is 23.4 Å². The van der Waals surface area contributed by atoms with E-state index in [-0.39, 0.29) is 22.8 Å². The number of aliphatic hydroxyl groups excluding tert-OH is 1. The highest BCUT2D eigenvalue weighted by Gasteiger charge is 2.25. The molecule has 0 aliphatic carbocycles. The number of thioether (sulfide) groups is 1. The van der Waals surface area contributed by atoms with E-state index in [1.165, 1.54) is 18.2 Å². The van der Waals surface area contributed by atoms with Gasteiger partial charge in [-0.15, -0.1) is 0 Å². The predicted molar refractivity (Wildman–Crippen MR) is 130 cm³/mol. The standard InChI is InChI=1S/C24H21ClFN5O2S/c25-19-12-16(6-7-20(19)26)28-21(33)14-34-24-29-22(15-4-2-1-3-5-15)18(13-27)23(30-24)31-10-8-17(32)9-11-31/h1-7,12,17,32H,8-11,14H2,(H,28,33). The molecule has 2 N–H and O–H groups in total. The maximum atomic E-state index is 13.4. The molecule has 0 unspecified atom stereocenters. The molecule has 174 valence electrons. The Kier molecular flexibility index (Phi) is 7.63. The van der Waals surface area contributed by atoms with E-state index in [9.17, 15) is 19.6 Å². The number of halogens is 2. The number of piperidine rings is 1. The second-order valence-electron chi connectivity index (χ2n) is 7.72. The number of nitrogens with one attached hydrogen (secondary N) is 1. The number of amides is 1. The van der Waals surface area contributed by atoms with E-state index in [0.717, 1.165) is 17.3 Å². The van der Waals surface area contributed by atoms with Gasteiger partial charge in [-0.25, -0.2) is 14.4 Å². The zero-order chi connectivity index (χ0) is 24.1. The lowest BCUT2D eigenvalue weighted by atomic mass is 10.0. The van der Waals surface area contributed by atoms with Crippen LogP contribution in [-0.2, 0) is 4.79 Å². The third-order valence-electron chi connectivity index (χ3n) is 5.33. The number of nitrogens with zero attached hydrogens (tertiary/aromatic N) is 4. The highest BCUT2D eigenvalue weighted by molar-refractivity contribution is 7.99. The van der Waals surface area contributed by atoms with Crippen molar-refractivity contribution < 1.29 is 14.3 Å². The molecule has 1 amide bonds. The first kappa shape index (κ1) is 24.0. The molecule has 4 rings (SSSR count). The van der Waals surface area contributed by atoms with Crippen LogP contribution in [0, 0.1) is 17.1 Å². The summed E-state index contributed by atoms with van der Waals surface area (Å²) in [4.78, 5) is 23.6. The Balaban J connectivity index is 1.60. The van der Waals surface area contributed by atoms with Crippen molar-refractivity contribution in [1.29, 1.82) is 5.26 Å². The molecule has 34 heavy (non-hydrogen) atoms. The van der Waals surface area contributed by atoms with E-state index < -0.39 is 5.82 Å². The van der Waals surface area contributed by atoms with Gasteiger partial charge in [0.25, 0.3) is 0 Å². The Morgan fingerprint density at radius 1 is 1.24 bits per heavy atom. The number of benzene rings is 2. The third-order valence-corrected chi connectivity index (χ3v) is 6.47. The summed E-state index contributed by atoms with van der Waals surface area (Å²) in [6, 6.07) is 15.5. The van der Waals surface area contributed by atoms with E-state index in [0.29, 0.717) is 53.9 Å². The van der Waals surface area contributed by atoms with Crippen LogP contribution in [0.2, 0.25) is 5.02 Å². The number of aromatic nitrogens is 2. The lowest BCUT2D eigenvalue weighted by molar-refractivity contribution is -0.113. The quantitative estimate of drug-likeness (QED) is 0.382. The van der Waals surface area contributed by atoms with Crippen molar-refractivity contribution in [3.63, 3.8) is 0 Å². The van der Waals surface area contributed by atoms with Crippen LogP contribution in [0.1, 0.15) is 18.4 Å². The van der Waals surface area contributed by atoms with E-state index in [1.807, 2.05) is 35.2 Å². The normalized spacial score (nSPS) is 14.0. The van der Waals surface area contributed by atoms with E-state index >= 15 is 0 Å². The van der Waals surface area contributed by atoms with Gasteiger partial charge in [-0.2, -0.15) is 5.26 Å².